The number of amides is 3. The number of rotatable bonds is 3. The van der Waals surface area contributed by atoms with E-state index in [1.54, 1.807) is 6.92 Å². The van der Waals surface area contributed by atoms with Gasteiger partial charge in [0.05, 0.1) is 6.54 Å². The number of halogens is 1. The van der Waals surface area contributed by atoms with Gasteiger partial charge >= 0.3 is 6.03 Å². The van der Waals surface area contributed by atoms with Gasteiger partial charge < -0.3 is 5.32 Å². The van der Waals surface area contributed by atoms with Crippen molar-refractivity contribution in [3.63, 3.8) is 0 Å². The van der Waals surface area contributed by atoms with Crippen LogP contribution in [0, 0.1) is 0 Å². The highest BCUT2D eigenvalue weighted by atomic mass is 35.5. The fraction of sp³-hybridized carbons (Fsp3) is 0.273. The van der Waals surface area contributed by atoms with Gasteiger partial charge in [0.25, 0.3) is 5.91 Å². The maximum absolute atomic E-state index is 12.5. The van der Waals surface area contributed by atoms with Crippen molar-refractivity contribution in [3.8, 4) is 0 Å². The van der Waals surface area contributed by atoms with Crippen molar-refractivity contribution in [2.75, 3.05) is 0 Å². The van der Waals surface area contributed by atoms with Crippen molar-refractivity contribution in [1.82, 2.24) is 19.8 Å². The highest BCUT2D eigenvalue weighted by Crippen LogP contribution is 2.31. The molecule has 1 atom stereocenters. The van der Waals surface area contributed by atoms with Crippen molar-refractivity contribution in [1.29, 1.82) is 0 Å². The predicted octanol–water partition coefficient (Wildman–Crippen LogP) is 2.22. The average Bonchev–Trinajstić information content (AvgIpc) is 3.09. The van der Waals surface area contributed by atoms with Crippen LogP contribution in [0.3, 0.4) is 0 Å². The van der Waals surface area contributed by atoms with Gasteiger partial charge in [-0.1, -0.05) is 16.1 Å². The lowest BCUT2D eigenvalue weighted by Crippen LogP contribution is -2.40. The molecule has 0 spiro atoms. The molecule has 3 amide bonds. The number of carbonyl (C=O) groups excluding carboxylic acids is 2. The molecule has 3 rings (SSSR count). The fourth-order valence-corrected chi connectivity index (χ4v) is 3.40. The van der Waals surface area contributed by atoms with Crippen molar-refractivity contribution < 1.29 is 9.59 Å². The first-order valence-electron chi connectivity index (χ1n) is 5.66. The normalized spacial score (nSPS) is 22.4. The van der Waals surface area contributed by atoms with Crippen LogP contribution >= 0.6 is 34.5 Å². The van der Waals surface area contributed by atoms with Crippen LogP contribution < -0.4 is 5.32 Å². The summed E-state index contributed by atoms with van der Waals surface area (Å²) in [4.78, 5) is 25.7. The Kier molecular flexibility index (Phi) is 3.23. The van der Waals surface area contributed by atoms with Gasteiger partial charge in [-0.25, -0.2) is 4.79 Å². The molecule has 6 nitrogen and oxygen atoms in total. The van der Waals surface area contributed by atoms with Crippen molar-refractivity contribution in [2.24, 2.45) is 0 Å². The van der Waals surface area contributed by atoms with Gasteiger partial charge in [-0.05, 0) is 29.3 Å². The minimum Gasteiger partial charge on any atom is -0.319 e. The van der Waals surface area contributed by atoms with E-state index in [4.69, 9.17) is 11.6 Å². The maximum Gasteiger partial charge on any atom is 0.325 e. The molecule has 20 heavy (non-hydrogen) atoms. The second-order valence-electron chi connectivity index (χ2n) is 4.45. The number of nitrogens with one attached hydrogen (secondary N) is 1. The van der Waals surface area contributed by atoms with Crippen LogP contribution in [0.15, 0.2) is 16.8 Å². The van der Waals surface area contributed by atoms with Gasteiger partial charge in [-0.15, -0.1) is 5.10 Å². The Hall–Kier alpha value is -1.51. The summed E-state index contributed by atoms with van der Waals surface area (Å²) in [6.45, 7) is 1.72. The Morgan fingerprint density at radius 3 is 2.90 bits per heavy atom. The summed E-state index contributed by atoms with van der Waals surface area (Å²) < 4.78 is 4.08. The molecular weight excluding hydrogens is 320 g/mol. The minimum absolute atomic E-state index is 0.0275. The van der Waals surface area contributed by atoms with Gasteiger partial charge in [-0.3, -0.25) is 9.69 Å². The zero-order valence-corrected chi connectivity index (χ0v) is 12.7. The Morgan fingerprint density at radius 1 is 1.50 bits per heavy atom. The first-order valence-corrected chi connectivity index (χ1v) is 7.75. The molecule has 104 valence electrons. The van der Waals surface area contributed by atoms with Gasteiger partial charge in [0, 0.05) is 11.5 Å². The first kappa shape index (κ1) is 13.5. The van der Waals surface area contributed by atoms with E-state index >= 15 is 0 Å². The Morgan fingerprint density at radius 2 is 2.30 bits per heavy atom. The zero-order valence-electron chi connectivity index (χ0n) is 10.3. The van der Waals surface area contributed by atoms with Crippen molar-refractivity contribution in [3.05, 3.63) is 32.4 Å². The second kappa shape index (κ2) is 4.80. The Bertz CT molecular complexity index is 672. The molecule has 2 aromatic rings. The van der Waals surface area contributed by atoms with Crippen LogP contribution in [-0.4, -0.2) is 26.4 Å². The molecule has 9 heteroatoms. The Balaban J connectivity index is 1.90. The highest BCUT2D eigenvalue weighted by molar-refractivity contribution is 7.10. The van der Waals surface area contributed by atoms with E-state index in [1.807, 2.05) is 16.8 Å². The third-order valence-electron chi connectivity index (χ3n) is 3.19. The number of nitrogens with zero attached hydrogens (tertiary/aromatic N) is 3. The Labute approximate surface area is 127 Å². The quantitative estimate of drug-likeness (QED) is 0.877. The molecule has 1 aliphatic rings. The van der Waals surface area contributed by atoms with Crippen LogP contribution in [0.25, 0.3) is 0 Å². The van der Waals surface area contributed by atoms with Gasteiger partial charge in [0.15, 0.2) is 0 Å². The second-order valence-corrected chi connectivity index (χ2v) is 6.59. The molecule has 0 saturated carbocycles. The van der Waals surface area contributed by atoms with Gasteiger partial charge in [0.1, 0.15) is 15.6 Å². The summed E-state index contributed by atoms with van der Waals surface area (Å²) in [7, 11) is 0. The molecule has 0 bridgehead atoms. The van der Waals surface area contributed by atoms with E-state index in [2.05, 4.69) is 14.9 Å². The lowest BCUT2D eigenvalue weighted by atomic mass is 9.95. The summed E-state index contributed by atoms with van der Waals surface area (Å²) >= 11 is 8.41. The molecule has 1 unspecified atom stereocenters. The molecule has 1 aliphatic heterocycles. The summed E-state index contributed by atoms with van der Waals surface area (Å²) in [5, 5.41) is 10.3. The van der Waals surface area contributed by atoms with E-state index in [0.29, 0.717) is 10.0 Å². The molecule has 1 fully saturated rings. The third-order valence-corrected chi connectivity index (χ3v) is 4.86. The van der Waals surface area contributed by atoms with E-state index < -0.39 is 11.6 Å². The van der Waals surface area contributed by atoms with Crippen molar-refractivity contribution >= 4 is 46.4 Å². The minimum atomic E-state index is -1.03. The highest BCUT2D eigenvalue weighted by Gasteiger charge is 2.49. The number of carbonyl (C=O) groups is 2. The number of urea groups is 1. The molecule has 1 N–H and O–H groups in total. The number of imide groups is 1. The number of hydrogen-bond acceptors (Lipinski definition) is 6. The molecule has 2 aromatic heterocycles. The zero-order chi connectivity index (χ0) is 14.3. The number of aromatic nitrogens is 2. The van der Waals surface area contributed by atoms with Crippen molar-refractivity contribution in [2.45, 2.75) is 19.0 Å². The topological polar surface area (TPSA) is 75.2 Å². The lowest BCUT2D eigenvalue weighted by Gasteiger charge is -2.20. The average molecular weight is 329 g/mol. The van der Waals surface area contributed by atoms with E-state index in [0.717, 1.165) is 22.0 Å². The lowest BCUT2D eigenvalue weighted by molar-refractivity contribution is -0.131. The number of thiophene rings is 1. The van der Waals surface area contributed by atoms with E-state index in [1.165, 1.54) is 11.3 Å². The monoisotopic (exact) mass is 328 g/mol. The summed E-state index contributed by atoms with van der Waals surface area (Å²) in [6.07, 6.45) is 0. The van der Waals surface area contributed by atoms with E-state index in [9.17, 15) is 9.59 Å². The number of hydrogen-bond donors (Lipinski definition) is 1. The van der Waals surface area contributed by atoms with Crippen LogP contribution in [0.1, 0.15) is 18.2 Å². The fourth-order valence-electron chi connectivity index (χ4n) is 2.03. The van der Waals surface area contributed by atoms with Crippen LogP contribution in [0.4, 0.5) is 4.79 Å². The molecule has 0 aromatic carbocycles. The molecular formula is C11H9ClN4O2S2. The standard InChI is InChI=1S/C11H9ClN4O2S2/c1-11(6-2-3-19-5-6)9(17)16(10(18)13-11)4-7-8(12)20-15-14-7/h2-3,5H,4H2,1H3,(H,13,18). The van der Waals surface area contributed by atoms with Crippen LogP contribution in [-0.2, 0) is 16.9 Å². The predicted molar refractivity (Wildman–Crippen MR) is 75.7 cm³/mol. The molecule has 0 aliphatic carbocycles. The molecule has 1 saturated heterocycles. The van der Waals surface area contributed by atoms with E-state index in [-0.39, 0.29) is 12.5 Å². The third kappa shape index (κ3) is 2.00. The molecule has 0 radical (unpaired) electrons. The summed E-state index contributed by atoms with van der Waals surface area (Å²) in [6, 6.07) is 1.37. The van der Waals surface area contributed by atoms with Crippen LogP contribution in [0.2, 0.25) is 4.34 Å². The van der Waals surface area contributed by atoms with Crippen LogP contribution in [0.5, 0.6) is 0 Å². The maximum atomic E-state index is 12.5. The summed E-state index contributed by atoms with van der Waals surface area (Å²) in [5.74, 6) is -0.315. The van der Waals surface area contributed by atoms with Gasteiger partial charge in [-0.2, -0.15) is 11.3 Å². The SMILES string of the molecule is CC1(c2ccsc2)NC(=O)N(Cc2nnsc2Cl)C1=O. The first-order chi connectivity index (χ1) is 9.52. The molecule has 3 heterocycles. The largest absolute Gasteiger partial charge is 0.325 e. The summed E-state index contributed by atoms with van der Waals surface area (Å²) in [5.41, 5.74) is 0.160. The van der Waals surface area contributed by atoms with Gasteiger partial charge in [0.2, 0.25) is 0 Å². The smallest absolute Gasteiger partial charge is 0.319 e.